The number of benzene rings is 2. The Balaban J connectivity index is 1.83. The fourth-order valence-electron chi connectivity index (χ4n) is 2.25. The second-order valence-electron chi connectivity index (χ2n) is 5.02. The zero-order chi connectivity index (χ0) is 16.4. The first-order valence-corrected chi connectivity index (χ1v) is 7.31. The van der Waals surface area contributed by atoms with Crippen LogP contribution < -0.4 is 16.3 Å². The molecule has 0 radical (unpaired) electrons. The van der Waals surface area contributed by atoms with Crippen LogP contribution in [0.2, 0.25) is 0 Å². The highest BCUT2D eigenvalue weighted by molar-refractivity contribution is 7.80. The van der Waals surface area contributed by atoms with Crippen LogP contribution in [0.3, 0.4) is 0 Å². The van der Waals surface area contributed by atoms with E-state index in [2.05, 4.69) is 10.6 Å². The molecule has 1 heterocycles. The van der Waals surface area contributed by atoms with E-state index >= 15 is 0 Å². The first kappa shape index (κ1) is 15.2. The quantitative estimate of drug-likeness (QED) is 0.549. The molecule has 0 aliphatic carbocycles. The Morgan fingerprint density at radius 2 is 1.91 bits per heavy atom. The molecular formula is C17H13FN2O2S. The lowest BCUT2D eigenvalue weighted by Gasteiger charge is -2.11. The molecule has 0 bridgehead atoms. The Labute approximate surface area is 136 Å². The lowest BCUT2D eigenvalue weighted by atomic mass is 10.1. The highest BCUT2D eigenvalue weighted by atomic mass is 32.1. The minimum absolute atomic E-state index is 0.240. The van der Waals surface area contributed by atoms with E-state index in [0.717, 1.165) is 10.9 Å². The van der Waals surface area contributed by atoms with Gasteiger partial charge in [0.25, 0.3) is 0 Å². The van der Waals surface area contributed by atoms with Gasteiger partial charge in [0.1, 0.15) is 11.4 Å². The number of hydrogen-bond acceptors (Lipinski definition) is 3. The first-order chi connectivity index (χ1) is 11.0. The van der Waals surface area contributed by atoms with E-state index < -0.39 is 11.4 Å². The maximum Gasteiger partial charge on any atom is 0.336 e. The molecule has 2 N–H and O–H groups in total. The van der Waals surface area contributed by atoms with E-state index in [4.69, 9.17) is 16.6 Å². The minimum atomic E-state index is -0.404. The first-order valence-electron chi connectivity index (χ1n) is 6.90. The summed E-state index contributed by atoms with van der Waals surface area (Å²) in [5.74, 6) is -0.392. The van der Waals surface area contributed by atoms with Gasteiger partial charge < -0.3 is 15.1 Å². The number of nitrogens with one attached hydrogen (secondary N) is 2. The van der Waals surface area contributed by atoms with Crippen molar-refractivity contribution >= 4 is 39.7 Å². The van der Waals surface area contributed by atoms with Gasteiger partial charge in [-0.05, 0) is 49.0 Å². The fourth-order valence-corrected chi connectivity index (χ4v) is 2.48. The molecule has 0 saturated heterocycles. The van der Waals surface area contributed by atoms with Gasteiger partial charge in [-0.1, -0.05) is 12.1 Å². The Morgan fingerprint density at radius 3 is 2.70 bits per heavy atom. The summed E-state index contributed by atoms with van der Waals surface area (Å²) in [6, 6.07) is 13.0. The van der Waals surface area contributed by atoms with Crippen LogP contribution in [0.25, 0.3) is 11.0 Å². The van der Waals surface area contributed by atoms with Crippen LogP contribution >= 0.6 is 12.2 Å². The van der Waals surface area contributed by atoms with Crippen LogP contribution in [0.5, 0.6) is 0 Å². The highest BCUT2D eigenvalue weighted by Crippen LogP contribution is 2.21. The van der Waals surface area contributed by atoms with Gasteiger partial charge in [0, 0.05) is 23.2 Å². The minimum Gasteiger partial charge on any atom is -0.423 e. The highest BCUT2D eigenvalue weighted by Gasteiger charge is 2.06. The maximum absolute atomic E-state index is 13.6. The molecule has 0 saturated carbocycles. The average molecular weight is 328 g/mol. The molecule has 2 aromatic carbocycles. The van der Waals surface area contributed by atoms with E-state index in [0.29, 0.717) is 11.3 Å². The third-order valence-electron chi connectivity index (χ3n) is 3.33. The van der Waals surface area contributed by atoms with E-state index in [1.807, 2.05) is 19.1 Å². The number of aryl methyl sites for hydroxylation is 1. The van der Waals surface area contributed by atoms with Crippen molar-refractivity contribution in [1.29, 1.82) is 0 Å². The molecular weight excluding hydrogens is 315 g/mol. The summed E-state index contributed by atoms with van der Waals surface area (Å²) in [5.41, 5.74) is 1.83. The number of anilines is 2. The third-order valence-corrected chi connectivity index (χ3v) is 3.54. The second-order valence-corrected chi connectivity index (χ2v) is 5.43. The Bertz CT molecular complexity index is 953. The van der Waals surface area contributed by atoms with Gasteiger partial charge in [-0.3, -0.25) is 0 Å². The maximum atomic E-state index is 13.6. The third kappa shape index (κ3) is 3.37. The number of thiocarbonyl (C=S) groups is 1. The normalized spacial score (nSPS) is 10.5. The molecule has 6 heteroatoms. The van der Waals surface area contributed by atoms with Gasteiger partial charge in [0.05, 0.1) is 5.69 Å². The van der Waals surface area contributed by atoms with Crippen LogP contribution in [0.15, 0.2) is 57.7 Å². The summed E-state index contributed by atoms with van der Waals surface area (Å²) in [4.78, 5) is 11.4. The molecule has 4 nitrogen and oxygen atoms in total. The Morgan fingerprint density at radius 1 is 1.13 bits per heavy atom. The molecule has 0 fully saturated rings. The van der Waals surface area contributed by atoms with Crippen molar-refractivity contribution < 1.29 is 8.81 Å². The van der Waals surface area contributed by atoms with Gasteiger partial charge >= 0.3 is 5.63 Å². The van der Waals surface area contributed by atoms with Crippen molar-refractivity contribution in [3.63, 3.8) is 0 Å². The molecule has 1 aromatic heterocycles. The van der Waals surface area contributed by atoms with Crippen LogP contribution in [-0.4, -0.2) is 5.11 Å². The average Bonchev–Trinajstić information content (AvgIpc) is 2.49. The van der Waals surface area contributed by atoms with E-state index in [1.165, 1.54) is 12.1 Å². The monoisotopic (exact) mass is 328 g/mol. The molecule has 0 aliphatic heterocycles. The zero-order valence-electron chi connectivity index (χ0n) is 12.2. The molecule has 23 heavy (non-hydrogen) atoms. The fraction of sp³-hybridized carbons (Fsp3) is 0.0588. The molecule has 3 rings (SSSR count). The zero-order valence-corrected chi connectivity index (χ0v) is 13.0. The lowest BCUT2D eigenvalue weighted by molar-refractivity contribution is 0.560. The van der Waals surface area contributed by atoms with Gasteiger partial charge in [0.2, 0.25) is 0 Å². The van der Waals surface area contributed by atoms with E-state index in [9.17, 15) is 9.18 Å². The van der Waals surface area contributed by atoms with Crippen LogP contribution in [0.4, 0.5) is 15.8 Å². The summed E-state index contributed by atoms with van der Waals surface area (Å²) in [5, 5.41) is 6.81. The van der Waals surface area contributed by atoms with E-state index in [-0.39, 0.29) is 10.8 Å². The molecule has 0 spiro atoms. The number of rotatable bonds is 2. The molecule has 3 aromatic rings. The Hall–Kier alpha value is -2.73. The summed E-state index contributed by atoms with van der Waals surface area (Å²) in [6.07, 6.45) is 0. The van der Waals surface area contributed by atoms with Crippen LogP contribution in [-0.2, 0) is 0 Å². The number of halogens is 1. The van der Waals surface area contributed by atoms with Gasteiger partial charge in [-0.2, -0.15) is 0 Å². The number of fused-ring (bicyclic) bond motifs is 1. The van der Waals surface area contributed by atoms with Gasteiger partial charge in [-0.15, -0.1) is 0 Å². The van der Waals surface area contributed by atoms with E-state index in [1.54, 1.807) is 24.3 Å². The molecule has 0 amide bonds. The Kier molecular flexibility index (Phi) is 4.08. The van der Waals surface area contributed by atoms with Crippen molar-refractivity contribution in [2.75, 3.05) is 10.6 Å². The van der Waals surface area contributed by atoms with Gasteiger partial charge in [-0.25, -0.2) is 9.18 Å². The molecule has 0 unspecified atom stereocenters. The summed E-state index contributed by atoms with van der Waals surface area (Å²) >= 11 is 5.17. The predicted octanol–water partition coefficient (Wildman–Crippen LogP) is 4.05. The molecule has 0 aliphatic rings. The standard InChI is InChI=1S/C17H13FN2O2S/c1-10-8-16(21)22-15-9-11(6-7-12(10)15)19-17(23)20-14-5-3-2-4-13(14)18/h2-9H,1H3,(H2,19,20,23). The van der Waals surface area contributed by atoms with Crippen LogP contribution in [0.1, 0.15) is 5.56 Å². The van der Waals surface area contributed by atoms with Crippen molar-refractivity contribution in [3.8, 4) is 0 Å². The summed E-state index contributed by atoms with van der Waals surface area (Å²) in [7, 11) is 0. The topological polar surface area (TPSA) is 54.3 Å². The summed E-state index contributed by atoms with van der Waals surface area (Å²) < 4.78 is 18.8. The predicted molar refractivity (Wildman–Crippen MR) is 93.5 cm³/mol. The lowest BCUT2D eigenvalue weighted by Crippen LogP contribution is -2.19. The van der Waals surface area contributed by atoms with Crippen LogP contribution in [0, 0.1) is 12.7 Å². The summed E-state index contributed by atoms with van der Waals surface area (Å²) in [6.45, 7) is 1.84. The SMILES string of the molecule is Cc1cc(=O)oc2cc(NC(=S)Nc3ccccc3F)ccc12. The van der Waals surface area contributed by atoms with Gasteiger partial charge in [0.15, 0.2) is 5.11 Å². The smallest absolute Gasteiger partial charge is 0.336 e. The molecule has 116 valence electrons. The van der Waals surface area contributed by atoms with Crippen molar-refractivity contribution in [1.82, 2.24) is 0 Å². The number of para-hydroxylation sites is 1. The molecule has 0 atom stereocenters. The second kappa shape index (κ2) is 6.18. The van der Waals surface area contributed by atoms with Crippen molar-refractivity contribution in [2.24, 2.45) is 0 Å². The van der Waals surface area contributed by atoms with Crippen molar-refractivity contribution in [3.05, 3.63) is 70.3 Å². The number of hydrogen-bond donors (Lipinski definition) is 2. The van der Waals surface area contributed by atoms with Crippen molar-refractivity contribution in [2.45, 2.75) is 6.92 Å². The largest absolute Gasteiger partial charge is 0.423 e.